The van der Waals surface area contributed by atoms with Crippen LogP contribution in [-0.4, -0.2) is 61.9 Å². The maximum Gasteiger partial charge on any atom is 0.310 e. The van der Waals surface area contributed by atoms with Crippen molar-refractivity contribution in [2.24, 2.45) is 5.92 Å². The third kappa shape index (κ3) is 4.86. The van der Waals surface area contributed by atoms with Crippen LogP contribution in [0.3, 0.4) is 0 Å². The van der Waals surface area contributed by atoms with E-state index in [-0.39, 0.29) is 30.9 Å². The molecule has 6 nitrogen and oxygen atoms in total. The topological polar surface area (TPSA) is 66.9 Å². The number of carbonyl (C=O) groups is 3. The van der Waals surface area contributed by atoms with Gasteiger partial charge in [0.15, 0.2) is 0 Å². The highest BCUT2D eigenvalue weighted by molar-refractivity contribution is 7.12. The van der Waals surface area contributed by atoms with Gasteiger partial charge in [0.2, 0.25) is 5.91 Å². The van der Waals surface area contributed by atoms with Gasteiger partial charge in [-0.2, -0.15) is 0 Å². The van der Waals surface area contributed by atoms with E-state index < -0.39 is 5.92 Å². The summed E-state index contributed by atoms with van der Waals surface area (Å²) in [6.45, 7) is 1.92. The van der Waals surface area contributed by atoms with Gasteiger partial charge in [0.25, 0.3) is 5.91 Å². The van der Waals surface area contributed by atoms with Gasteiger partial charge in [0, 0.05) is 20.6 Å². The van der Waals surface area contributed by atoms with Crippen LogP contribution in [0.1, 0.15) is 16.6 Å². The minimum Gasteiger partial charge on any atom is -0.469 e. The second-order valence-electron chi connectivity index (χ2n) is 4.84. The maximum atomic E-state index is 12.1. The van der Waals surface area contributed by atoms with Gasteiger partial charge in [0.1, 0.15) is 0 Å². The van der Waals surface area contributed by atoms with E-state index in [1.165, 1.54) is 28.2 Å². The van der Waals surface area contributed by atoms with Crippen molar-refractivity contribution in [3.05, 3.63) is 22.4 Å². The Balaban J connectivity index is 2.52. The lowest BCUT2D eigenvalue weighted by atomic mass is 10.2. The first-order valence-electron chi connectivity index (χ1n) is 6.47. The van der Waals surface area contributed by atoms with Crippen LogP contribution in [0.4, 0.5) is 0 Å². The summed E-state index contributed by atoms with van der Waals surface area (Å²) in [5.74, 6) is -1.18. The van der Waals surface area contributed by atoms with E-state index in [9.17, 15) is 14.4 Å². The number of hydrogen-bond acceptors (Lipinski definition) is 5. The van der Waals surface area contributed by atoms with E-state index in [1.54, 1.807) is 33.2 Å². The summed E-state index contributed by atoms with van der Waals surface area (Å²) in [5.41, 5.74) is 0. The number of rotatable bonds is 6. The van der Waals surface area contributed by atoms with Crippen LogP contribution in [0.25, 0.3) is 0 Å². The summed E-state index contributed by atoms with van der Waals surface area (Å²) < 4.78 is 4.62. The van der Waals surface area contributed by atoms with Gasteiger partial charge in [0.05, 0.1) is 24.4 Å². The highest BCUT2D eigenvalue weighted by Crippen LogP contribution is 2.11. The number of hydrogen-bond donors (Lipinski definition) is 0. The molecular formula is C14H20N2O4S. The lowest BCUT2D eigenvalue weighted by Gasteiger charge is -2.23. The Labute approximate surface area is 128 Å². The molecule has 116 valence electrons. The third-order valence-electron chi connectivity index (χ3n) is 3.03. The Hall–Kier alpha value is -1.89. The number of nitrogens with zero attached hydrogens (tertiary/aromatic N) is 2. The van der Waals surface area contributed by atoms with Crippen LogP contribution < -0.4 is 0 Å². The summed E-state index contributed by atoms with van der Waals surface area (Å²) >= 11 is 1.34. The Bertz CT molecular complexity index is 501. The Kier molecular flexibility index (Phi) is 6.36. The smallest absolute Gasteiger partial charge is 0.310 e. The molecule has 0 saturated carbocycles. The van der Waals surface area contributed by atoms with Crippen LogP contribution in [0, 0.1) is 5.92 Å². The third-order valence-corrected chi connectivity index (χ3v) is 3.89. The van der Waals surface area contributed by atoms with Crippen molar-refractivity contribution in [1.29, 1.82) is 0 Å². The van der Waals surface area contributed by atoms with Crippen LogP contribution in [-0.2, 0) is 14.3 Å². The predicted octanol–water partition coefficient (Wildman–Crippen LogP) is 1.09. The van der Waals surface area contributed by atoms with E-state index in [0.29, 0.717) is 4.88 Å². The second-order valence-corrected chi connectivity index (χ2v) is 5.78. The monoisotopic (exact) mass is 312 g/mol. The fraction of sp³-hybridized carbons (Fsp3) is 0.500. The Morgan fingerprint density at radius 3 is 2.48 bits per heavy atom. The number of methoxy groups -OCH3 is 1. The van der Waals surface area contributed by atoms with Crippen LogP contribution >= 0.6 is 11.3 Å². The van der Waals surface area contributed by atoms with Gasteiger partial charge in [-0.05, 0) is 11.4 Å². The average Bonchev–Trinajstić information content (AvgIpc) is 2.99. The first-order valence-corrected chi connectivity index (χ1v) is 7.35. The molecule has 0 radical (unpaired) electrons. The molecular weight excluding hydrogens is 292 g/mol. The maximum absolute atomic E-state index is 12.1. The van der Waals surface area contributed by atoms with Crippen molar-refractivity contribution in [3.63, 3.8) is 0 Å². The Morgan fingerprint density at radius 1 is 1.29 bits per heavy atom. The number of carbonyl (C=O) groups excluding carboxylic acids is 3. The zero-order chi connectivity index (χ0) is 16.0. The molecule has 0 saturated heterocycles. The van der Waals surface area contributed by atoms with Crippen molar-refractivity contribution in [3.8, 4) is 0 Å². The fourth-order valence-corrected chi connectivity index (χ4v) is 2.49. The molecule has 2 amide bonds. The highest BCUT2D eigenvalue weighted by Gasteiger charge is 2.21. The molecule has 1 atom stereocenters. The van der Waals surface area contributed by atoms with Gasteiger partial charge in [-0.3, -0.25) is 14.4 Å². The van der Waals surface area contributed by atoms with E-state index in [2.05, 4.69) is 4.74 Å². The largest absolute Gasteiger partial charge is 0.469 e. The normalized spacial score (nSPS) is 11.6. The van der Waals surface area contributed by atoms with Crippen LogP contribution in [0.5, 0.6) is 0 Å². The molecule has 0 aliphatic carbocycles. The molecule has 0 aliphatic rings. The molecule has 7 heteroatoms. The molecule has 1 aromatic rings. The Morgan fingerprint density at radius 2 is 1.95 bits per heavy atom. The summed E-state index contributed by atoms with van der Waals surface area (Å²) in [5, 5.41) is 1.81. The zero-order valence-corrected chi connectivity index (χ0v) is 13.5. The molecule has 0 spiro atoms. The second kappa shape index (κ2) is 7.78. The van der Waals surface area contributed by atoms with Gasteiger partial charge in [-0.1, -0.05) is 13.0 Å². The number of thiophene rings is 1. The molecule has 1 unspecified atom stereocenters. The lowest BCUT2D eigenvalue weighted by Crippen LogP contribution is -2.41. The molecule has 0 aliphatic heterocycles. The van der Waals surface area contributed by atoms with Gasteiger partial charge in [-0.15, -0.1) is 11.3 Å². The summed E-state index contributed by atoms with van der Waals surface area (Å²) in [7, 11) is 4.50. The minimum absolute atomic E-state index is 0.0267. The molecule has 21 heavy (non-hydrogen) atoms. The summed E-state index contributed by atoms with van der Waals surface area (Å²) in [6, 6.07) is 3.51. The number of ether oxygens (including phenoxy) is 1. The minimum atomic E-state index is -0.401. The zero-order valence-electron chi connectivity index (χ0n) is 12.7. The van der Waals surface area contributed by atoms with Crippen molar-refractivity contribution in [2.45, 2.75) is 6.92 Å². The predicted molar refractivity (Wildman–Crippen MR) is 80.1 cm³/mol. The van der Waals surface area contributed by atoms with E-state index in [4.69, 9.17) is 0 Å². The molecule has 0 aromatic carbocycles. The lowest BCUT2D eigenvalue weighted by molar-refractivity contribution is -0.146. The van der Waals surface area contributed by atoms with Gasteiger partial charge < -0.3 is 14.5 Å². The average molecular weight is 312 g/mol. The molecule has 1 aromatic heterocycles. The summed E-state index contributed by atoms with van der Waals surface area (Å²) in [6.07, 6.45) is 0. The molecule has 1 heterocycles. The highest BCUT2D eigenvalue weighted by atomic mass is 32.1. The van der Waals surface area contributed by atoms with Crippen LogP contribution in [0.2, 0.25) is 0 Å². The van der Waals surface area contributed by atoms with E-state index in [1.807, 2.05) is 5.38 Å². The van der Waals surface area contributed by atoms with Crippen molar-refractivity contribution < 1.29 is 19.1 Å². The number of amides is 2. The molecule has 0 fully saturated rings. The van der Waals surface area contributed by atoms with Crippen molar-refractivity contribution >= 4 is 29.1 Å². The van der Waals surface area contributed by atoms with Crippen LogP contribution in [0.15, 0.2) is 17.5 Å². The number of esters is 1. The van der Waals surface area contributed by atoms with Gasteiger partial charge in [-0.25, -0.2) is 0 Å². The fourth-order valence-electron chi connectivity index (χ4n) is 1.77. The number of likely N-dealkylation sites (N-methyl/N-ethyl adjacent to an activating group) is 2. The van der Waals surface area contributed by atoms with Gasteiger partial charge >= 0.3 is 5.97 Å². The first kappa shape index (κ1) is 17.2. The standard InChI is InChI=1S/C14H20N2O4S/c1-10(14(19)20-4)8-15(2)12(17)9-16(3)13(18)11-6-5-7-21-11/h5-7,10H,8-9H2,1-4H3. The first-order chi connectivity index (χ1) is 9.86. The molecule has 0 bridgehead atoms. The van der Waals surface area contributed by atoms with Crippen molar-refractivity contribution in [2.75, 3.05) is 34.3 Å². The van der Waals surface area contributed by atoms with E-state index >= 15 is 0 Å². The quantitative estimate of drug-likeness (QED) is 0.738. The summed E-state index contributed by atoms with van der Waals surface area (Å²) in [4.78, 5) is 38.8. The SMILES string of the molecule is COC(=O)C(C)CN(C)C(=O)CN(C)C(=O)c1cccs1. The molecule has 0 N–H and O–H groups in total. The molecule has 1 rings (SSSR count). The van der Waals surface area contributed by atoms with Crippen molar-refractivity contribution in [1.82, 2.24) is 9.80 Å². The van der Waals surface area contributed by atoms with E-state index in [0.717, 1.165) is 0 Å².